The van der Waals surface area contributed by atoms with Crippen molar-refractivity contribution in [3.8, 4) is 41.1 Å². The van der Waals surface area contributed by atoms with Crippen LogP contribution in [0.3, 0.4) is 0 Å². The maximum Gasteiger partial charge on any atom is 0.261 e. The molecule has 0 saturated carbocycles. The number of hydrogen-bond donors (Lipinski definition) is 0. The number of nitrogens with zero attached hydrogens (tertiary/aromatic N) is 2. The second-order valence-corrected chi connectivity index (χ2v) is 35.5. The highest BCUT2D eigenvalue weighted by molar-refractivity contribution is 7.24. The molecule has 0 saturated heterocycles. The standard InChI is InChI=1S/C87H124N2O2S4.C2H6/c1-13-19-25-31-33-37-43-63(41-35-27-21-15-3)61-88-81(79-80(84(88)91)82(77-54-52-74(94-77)75-55-56-78(95-75)86(10,11)12)89(83(79)90)62-64(42-36-28-22-16-4)44-38-34-32-26-20-14-2)76-53-51-73(93-76)72-50-49-71(92-72)65-45-47-67-68-48-46-66(85(7,8)9)60-70(68)87(69(67)59-65,57-39-29-23-17-5)58-40-30-24-18-6;1-2/h45-56,59-60,63-64H,13-44,57-58,61-62H2,1-12H3;1-2H3. The van der Waals surface area contributed by atoms with Crippen molar-refractivity contribution < 1.29 is 9.59 Å². The van der Waals surface area contributed by atoms with Crippen molar-refractivity contribution in [3.63, 3.8) is 0 Å². The van der Waals surface area contributed by atoms with Gasteiger partial charge in [-0.25, -0.2) is 0 Å². The van der Waals surface area contributed by atoms with Gasteiger partial charge in [-0.05, 0) is 149 Å². The first-order chi connectivity index (χ1) is 47.0. The molecule has 1 aliphatic carbocycles. The molecule has 8 heteroatoms. The Morgan fingerprint density at radius 2 is 0.701 bits per heavy atom. The maximum absolute atomic E-state index is 16.4. The highest BCUT2D eigenvalue weighted by Crippen LogP contribution is 2.57. The fourth-order valence-electron chi connectivity index (χ4n) is 15.8. The zero-order valence-electron chi connectivity index (χ0n) is 63.5. The minimum absolute atomic E-state index is 0.00927. The quantitative estimate of drug-likeness (QED) is 0.0358. The van der Waals surface area contributed by atoms with Gasteiger partial charge in [0.15, 0.2) is 0 Å². The molecular formula is C89H130N2O2S4. The van der Waals surface area contributed by atoms with Gasteiger partial charge in [-0.2, -0.15) is 0 Å². The molecule has 2 aliphatic heterocycles. The number of carbonyl (C=O) groups is 2. The smallest absolute Gasteiger partial charge is 0.261 e. The molecule has 0 fully saturated rings. The number of thiophene rings is 4. The lowest BCUT2D eigenvalue weighted by atomic mass is 9.69. The van der Waals surface area contributed by atoms with Crippen molar-refractivity contribution in [2.75, 3.05) is 13.1 Å². The molecule has 0 bridgehead atoms. The van der Waals surface area contributed by atoms with Gasteiger partial charge in [0.05, 0.1) is 32.3 Å². The Bertz CT molecular complexity index is 3440. The minimum Gasteiger partial charge on any atom is -0.306 e. The Hall–Kier alpha value is -4.34. The fourth-order valence-corrected chi connectivity index (χ4v) is 20.1. The molecule has 0 spiro atoms. The first kappa shape index (κ1) is 78.4. The molecule has 4 nitrogen and oxygen atoms in total. The van der Waals surface area contributed by atoms with Crippen LogP contribution in [0.15, 0.2) is 96.1 Å². The van der Waals surface area contributed by atoms with Gasteiger partial charge in [0, 0.05) is 47.8 Å². The predicted molar refractivity (Wildman–Crippen MR) is 431 cm³/mol. The summed E-state index contributed by atoms with van der Waals surface area (Å²) in [7, 11) is 0. The number of benzene rings is 2. The van der Waals surface area contributed by atoms with Gasteiger partial charge in [-0.1, -0.05) is 307 Å². The van der Waals surface area contributed by atoms with Crippen molar-refractivity contribution in [3.05, 3.63) is 127 Å². The SMILES string of the molecule is CC.CCCCCCCCC(CCCCCC)CN1C(=O)C2=C(c3ccc(-c4ccc(C(C)(C)C)s4)s3)N(CC(CCCCCC)CCCCCCCC)C(=O)C2=C1c1ccc(-c2ccc(-c3ccc4c(c3)C(CCCCCC)(CCCCCC)c3cc(C(C)(C)C)ccc3-4)s2)s1. The molecule has 4 aromatic heterocycles. The maximum atomic E-state index is 16.4. The summed E-state index contributed by atoms with van der Waals surface area (Å²) in [5, 5.41) is 0. The Morgan fingerprint density at radius 1 is 0.361 bits per heavy atom. The van der Waals surface area contributed by atoms with Crippen molar-refractivity contribution in [1.29, 1.82) is 0 Å². The summed E-state index contributed by atoms with van der Waals surface area (Å²) >= 11 is 7.35. The number of unbranched alkanes of at least 4 members (excludes halogenated alkanes) is 22. The number of rotatable bonds is 43. The van der Waals surface area contributed by atoms with Crippen LogP contribution in [0.5, 0.6) is 0 Å². The van der Waals surface area contributed by atoms with Crippen molar-refractivity contribution in [2.24, 2.45) is 11.8 Å². The van der Waals surface area contributed by atoms with E-state index in [0.717, 1.165) is 46.8 Å². The molecule has 0 N–H and O–H groups in total. The van der Waals surface area contributed by atoms with E-state index in [0.29, 0.717) is 36.1 Å². The van der Waals surface area contributed by atoms with Crippen LogP contribution in [-0.2, 0) is 25.8 Å². The van der Waals surface area contributed by atoms with Gasteiger partial charge in [0.1, 0.15) is 0 Å². The summed E-state index contributed by atoms with van der Waals surface area (Å²) in [6.45, 7) is 33.2. The molecule has 2 atom stereocenters. The van der Waals surface area contributed by atoms with E-state index in [9.17, 15) is 0 Å². The summed E-state index contributed by atoms with van der Waals surface area (Å²) in [5.41, 5.74) is 11.9. The van der Waals surface area contributed by atoms with Gasteiger partial charge in [-0.3, -0.25) is 9.59 Å². The molecule has 6 heterocycles. The molecule has 2 amide bonds. The summed E-state index contributed by atoms with van der Waals surface area (Å²) in [5.74, 6) is 0.783. The molecule has 2 aromatic carbocycles. The summed E-state index contributed by atoms with van der Waals surface area (Å²) < 4.78 is 0. The fraction of sp³-hybridized carbons (Fsp3) is 0.618. The largest absolute Gasteiger partial charge is 0.306 e. The topological polar surface area (TPSA) is 40.6 Å². The highest BCUT2D eigenvalue weighted by Gasteiger charge is 2.50. The molecule has 97 heavy (non-hydrogen) atoms. The third-order valence-electron chi connectivity index (χ3n) is 21.5. The third kappa shape index (κ3) is 20.1. The second kappa shape index (κ2) is 38.6. The Morgan fingerprint density at radius 3 is 1.11 bits per heavy atom. The van der Waals surface area contributed by atoms with Gasteiger partial charge in [0.25, 0.3) is 11.8 Å². The molecule has 9 rings (SSSR count). The zero-order chi connectivity index (χ0) is 69.5. The van der Waals surface area contributed by atoms with E-state index < -0.39 is 0 Å². The van der Waals surface area contributed by atoms with E-state index in [-0.39, 0.29) is 28.1 Å². The van der Waals surface area contributed by atoms with Crippen LogP contribution in [0.1, 0.15) is 347 Å². The third-order valence-corrected chi connectivity index (χ3v) is 26.7. The minimum atomic E-state index is -0.00927. The van der Waals surface area contributed by atoms with E-state index in [4.69, 9.17) is 0 Å². The van der Waals surface area contributed by atoms with Crippen molar-refractivity contribution in [2.45, 2.75) is 331 Å². The number of amides is 2. The molecular weight excluding hydrogens is 1260 g/mol. The lowest BCUT2D eigenvalue weighted by molar-refractivity contribution is -0.124. The lowest BCUT2D eigenvalue weighted by Gasteiger charge is -2.34. The van der Waals surface area contributed by atoms with E-state index in [1.807, 2.05) is 36.5 Å². The highest BCUT2D eigenvalue weighted by atomic mass is 32.1. The van der Waals surface area contributed by atoms with Crippen LogP contribution in [0.25, 0.3) is 52.5 Å². The van der Waals surface area contributed by atoms with Crippen LogP contribution in [0.2, 0.25) is 0 Å². The molecule has 2 unspecified atom stereocenters. The molecule has 532 valence electrons. The van der Waals surface area contributed by atoms with Crippen molar-refractivity contribution in [1.82, 2.24) is 9.80 Å². The molecule has 6 aromatic rings. The van der Waals surface area contributed by atoms with E-state index in [2.05, 4.69) is 178 Å². The Labute approximate surface area is 608 Å². The van der Waals surface area contributed by atoms with Crippen LogP contribution >= 0.6 is 45.3 Å². The van der Waals surface area contributed by atoms with Crippen LogP contribution in [0, 0.1) is 11.8 Å². The van der Waals surface area contributed by atoms with E-state index in [1.165, 1.54) is 244 Å². The predicted octanol–water partition coefficient (Wildman–Crippen LogP) is 29.2. The first-order valence-electron chi connectivity index (χ1n) is 39.8. The zero-order valence-corrected chi connectivity index (χ0v) is 66.8. The summed E-state index contributed by atoms with van der Waals surface area (Å²) in [6.07, 6.45) is 41.8. The summed E-state index contributed by atoms with van der Waals surface area (Å²) in [4.78, 5) is 46.7. The average Bonchev–Trinajstić information content (AvgIpc) is 1.57. The second-order valence-electron chi connectivity index (χ2n) is 31.2. The number of hydrogen-bond acceptors (Lipinski definition) is 6. The van der Waals surface area contributed by atoms with E-state index in [1.54, 1.807) is 33.8 Å². The Balaban J connectivity index is 0.00000595. The Kier molecular flexibility index (Phi) is 31.2. The number of fused-ring (bicyclic) bond motifs is 4. The number of carbonyl (C=O) groups excluding carboxylic acids is 2. The van der Waals surface area contributed by atoms with Gasteiger partial charge >= 0.3 is 0 Å². The van der Waals surface area contributed by atoms with Gasteiger partial charge in [0.2, 0.25) is 0 Å². The van der Waals surface area contributed by atoms with Gasteiger partial charge < -0.3 is 9.80 Å². The first-order valence-corrected chi connectivity index (χ1v) is 43.1. The molecule has 0 radical (unpaired) electrons. The van der Waals surface area contributed by atoms with E-state index >= 15 is 9.59 Å². The normalized spacial score (nSPS) is 15.1. The van der Waals surface area contributed by atoms with Crippen LogP contribution in [0.4, 0.5) is 0 Å². The molecule has 3 aliphatic rings. The monoisotopic (exact) mass is 1390 g/mol. The van der Waals surface area contributed by atoms with Crippen LogP contribution in [-0.4, -0.2) is 34.7 Å². The summed E-state index contributed by atoms with van der Waals surface area (Å²) in [6, 6.07) is 33.4. The van der Waals surface area contributed by atoms with Crippen LogP contribution < -0.4 is 0 Å². The average molecular weight is 1390 g/mol. The van der Waals surface area contributed by atoms with Crippen molar-refractivity contribution >= 4 is 68.6 Å². The van der Waals surface area contributed by atoms with Gasteiger partial charge in [-0.15, -0.1) is 45.3 Å². The lowest BCUT2D eigenvalue weighted by Crippen LogP contribution is -2.34.